The van der Waals surface area contributed by atoms with Gasteiger partial charge in [0.25, 0.3) is 11.6 Å². The van der Waals surface area contributed by atoms with Gasteiger partial charge in [0.2, 0.25) is 0 Å². The molecule has 0 radical (unpaired) electrons. The molecule has 0 atom stereocenters. The number of allylic oxidation sites excluding steroid dienone is 2. The Balaban J connectivity index is 2.08. The minimum absolute atomic E-state index is 0.0518. The van der Waals surface area contributed by atoms with Gasteiger partial charge in [-0.1, -0.05) is 36.1 Å². The van der Waals surface area contributed by atoms with E-state index in [2.05, 4.69) is 0 Å². The van der Waals surface area contributed by atoms with Gasteiger partial charge in [-0.2, -0.15) is 0 Å². The number of non-ortho nitro benzene ring substituents is 1. The first-order valence-corrected chi connectivity index (χ1v) is 7.42. The first-order chi connectivity index (χ1) is 10.0. The van der Waals surface area contributed by atoms with Crippen LogP contribution in [0.5, 0.6) is 0 Å². The summed E-state index contributed by atoms with van der Waals surface area (Å²) in [5.41, 5.74) is 0.874. The molecular weight excluding hydrogens is 308 g/mol. The zero-order valence-electron chi connectivity index (χ0n) is 11.2. The van der Waals surface area contributed by atoms with E-state index >= 15 is 0 Å². The van der Waals surface area contributed by atoms with E-state index in [1.807, 2.05) is 6.92 Å². The molecule has 0 N–H and O–H groups in total. The average Bonchev–Trinajstić information content (AvgIpc) is 2.73. The van der Waals surface area contributed by atoms with Gasteiger partial charge in [0.1, 0.15) is 4.32 Å². The van der Waals surface area contributed by atoms with E-state index in [1.165, 1.54) is 23.9 Å². The minimum atomic E-state index is -0.441. The van der Waals surface area contributed by atoms with Gasteiger partial charge in [-0.25, -0.2) is 0 Å². The van der Waals surface area contributed by atoms with Gasteiger partial charge in [-0.05, 0) is 30.7 Å². The van der Waals surface area contributed by atoms with Crippen molar-refractivity contribution in [2.45, 2.75) is 6.92 Å². The van der Waals surface area contributed by atoms with Crippen LogP contribution in [0.1, 0.15) is 12.5 Å². The fourth-order valence-corrected chi connectivity index (χ4v) is 3.08. The maximum absolute atomic E-state index is 11.9. The molecule has 108 valence electrons. The first-order valence-electron chi connectivity index (χ1n) is 6.19. The third kappa shape index (κ3) is 3.56. The second-order valence-electron chi connectivity index (χ2n) is 4.16. The molecular formula is C14H12N2O3S2. The van der Waals surface area contributed by atoms with Crippen molar-refractivity contribution in [2.24, 2.45) is 0 Å². The molecule has 0 aromatic heterocycles. The van der Waals surface area contributed by atoms with Crippen molar-refractivity contribution < 1.29 is 9.72 Å². The number of likely N-dealkylation sites (N-methyl/N-ethyl adjacent to an activating group) is 1. The molecule has 1 aliphatic rings. The van der Waals surface area contributed by atoms with E-state index in [1.54, 1.807) is 35.3 Å². The van der Waals surface area contributed by atoms with Crippen LogP contribution < -0.4 is 0 Å². The van der Waals surface area contributed by atoms with E-state index in [-0.39, 0.29) is 11.6 Å². The van der Waals surface area contributed by atoms with Gasteiger partial charge in [0, 0.05) is 18.7 Å². The summed E-state index contributed by atoms with van der Waals surface area (Å²) in [7, 11) is 0. The summed E-state index contributed by atoms with van der Waals surface area (Å²) < 4.78 is 0.567. The summed E-state index contributed by atoms with van der Waals surface area (Å²) in [6.45, 7) is 2.44. The number of hydrogen-bond acceptors (Lipinski definition) is 5. The molecule has 0 bridgehead atoms. The normalized spacial score (nSPS) is 17.2. The quantitative estimate of drug-likeness (QED) is 0.368. The predicted molar refractivity (Wildman–Crippen MR) is 87.8 cm³/mol. The highest BCUT2D eigenvalue weighted by Gasteiger charge is 2.29. The lowest BCUT2D eigenvalue weighted by Crippen LogP contribution is -2.27. The van der Waals surface area contributed by atoms with Gasteiger partial charge in [-0.3, -0.25) is 19.8 Å². The molecule has 5 nitrogen and oxygen atoms in total. The van der Waals surface area contributed by atoms with E-state index in [0.717, 1.165) is 5.56 Å². The second kappa shape index (κ2) is 6.64. The molecule has 21 heavy (non-hydrogen) atoms. The van der Waals surface area contributed by atoms with Crippen LogP contribution in [0.4, 0.5) is 5.69 Å². The van der Waals surface area contributed by atoms with Gasteiger partial charge in [-0.15, -0.1) is 0 Å². The van der Waals surface area contributed by atoms with Crippen LogP contribution in [0.2, 0.25) is 0 Å². The number of benzene rings is 1. The largest absolute Gasteiger partial charge is 0.293 e. The van der Waals surface area contributed by atoms with Crippen LogP contribution in [0.3, 0.4) is 0 Å². The van der Waals surface area contributed by atoms with E-state index in [9.17, 15) is 14.9 Å². The van der Waals surface area contributed by atoms with Crippen molar-refractivity contribution in [2.75, 3.05) is 6.54 Å². The van der Waals surface area contributed by atoms with E-state index < -0.39 is 4.92 Å². The molecule has 1 aromatic rings. The molecule has 1 amide bonds. The van der Waals surface area contributed by atoms with Crippen LogP contribution in [0, 0.1) is 10.1 Å². The number of hydrogen-bond donors (Lipinski definition) is 0. The van der Waals surface area contributed by atoms with Crippen molar-refractivity contribution in [3.8, 4) is 0 Å². The van der Waals surface area contributed by atoms with Crippen molar-refractivity contribution in [1.29, 1.82) is 0 Å². The fourth-order valence-electron chi connectivity index (χ4n) is 1.74. The van der Waals surface area contributed by atoms with Crippen molar-refractivity contribution in [3.63, 3.8) is 0 Å². The van der Waals surface area contributed by atoms with Crippen LogP contribution in [-0.2, 0) is 4.79 Å². The van der Waals surface area contributed by atoms with Crippen molar-refractivity contribution in [3.05, 3.63) is 57.0 Å². The molecule has 1 saturated heterocycles. The number of nitrogens with zero attached hydrogens (tertiary/aromatic N) is 2. The van der Waals surface area contributed by atoms with Gasteiger partial charge in [0.05, 0.1) is 9.83 Å². The molecule has 0 saturated carbocycles. The number of carbonyl (C=O) groups is 1. The summed E-state index contributed by atoms with van der Waals surface area (Å²) in [4.78, 5) is 24.2. The molecule has 0 aliphatic carbocycles. The molecule has 1 heterocycles. The molecule has 0 spiro atoms. The third-order valence-electron chi connectivity index (χ3n) is 2.83. The summed E-state index contributed by atoms with van der Waals surface area (Å²) in [5, 5.41) is 10.5. The second-order valence-corrected chi connectivity index (χ2v) is 5.83. The summed E-state index contributed by atoms with van der Waals surface area (Å²) in [6.07, 6.45) is 5.22. The Morgan fingerprint density at radius 1 is 1.38 bits per heavy atom. The summed E-state index contributed by atoms with van der Waals surface area (Å²) in [6, 6.07) is 6.19. The molecule has 1 aromatic carbocycles. The lowest BCUT2D eigenvalue weighted by atomic mass is 10.2. The number of carbonyl (C=O) groups excluding carboxylic acids is 1. The lowest BCUT2D eigenvalue weighted by molar-refractivity contribution is -0.384. The number of rotatable bonds is 4. The number of nitro groups is 1. The molecule has 7 heteroatoms. The number of thiocarbonyl (C=S) groups is 1. The Bertz CT molecular complexity index is 651. The van der Waals surface area contributed by atoms with Gasteiger partial charge >= 0.3 is 0 Å². The molecule has 1 fully saturated rings. The zero-order chi connectivity index (χ0) is 15.4. The molecule has 1 aliphatic heterocycles. The standard InChI is InChI=1S/C14H12N2O3S2/c1-2-15-13(17)12(21-14(15)20)5-3-4-10-6-8-11(9-7-10)16(18)19/h3-9H,2H2,1H3/b4-3+,12-5+. The Morgan fingerprint density at radius 2 is 2.05 bits per heavy atom. The van der Waals surface area contributed by atoms with E-state index in [4.69, 9.17) is 12.2 Å². The van der Waals surface area contributed by atoms with Gasteiger partial charge in [0.15, 0.2) is 0 Å². The highest BCUT2D eigenvalue weighted by atomic mass is 32.2. The highest BCUT2D eigenvalue weighted by Crippen LogP contribution is 2.30. The number of thioether (sulfide) groups is 1. The maximum atomic E-state index is 11.9. The Labute approximate surface area is 131 Å². The average molecular weight is 320 g/mol. The molecule has 0 unspecified atom stereocenters. The zero-order valence-corrected chi connectivity index (χ0v) is 12.8. The molecule has 2 rings (SSSR count). The third-order valence-corrected chi connectivity index (χ3v) is 4.23. The minimum Gasteiger partial charge on any atom is -0.293 e. The first kappa shape index (κ1) is 15.4. The maximum Gasteiger partial charge on any atom is 0.269 e. The Hall–Kier alpha value is -1.99. The smallest absolute Gasteiger partial charge is 0.269 e. The monoisotopic (exact) mass is 320 g/mol. The predicted octanol–water partition coefficient (Wildman–Crippen LogP) is 3.37. The highest BCUT2D eigenvalue weighted by molar-refractivity contribution is 8.26. The Morgan fingerprint density at radius 3 is 2.57 bits per heavy atom. The van der Waals surface area contributed by atoms with Crippen LogP contribution in [0.15, 0.2) is 41.3 Å². The van der Waals surface area contributed by atoms with Crippen LogP contribution in [0.25, 0.3) is 6.08 Å². The fraction of sp³-hybridized carbons (Fsp3) is 0.143. The van der Waals surface area contributed by atoms with E-state index in [0.29, 0.717) is 15.8 Å². The SMILES string of the molecule is CCN1C(=O)/C(=C\C=C\c2ccc([N+](=O)[O-])cc2)SC1=S. The van der Waals surface area contributed by atoms with Crippen LogP contribution >= 0.6 is 24.0 Å². The van der Waals surface area contributed by atoms with Gasteiger partial charge < -0.3 is 0 Å². The number of amides is 1. The van der Waals surface area contributed by atoms with Crippen molar-refractivity contribution >= 4 is 46.0 Å². The van der Waals surface area contributed by atoms with Crippen LogP contribution in [-0.4, -0.2) is 26.6 Å². The summed E-state index contributed by atoms with van der Waals surface area (Å²) >= 11 is 6.39. The lowest BCUT2D eigenvalue weighted by Gasteiger charge is -2.09. The Kier molecular flexibility index (Phi) is 4.87. The topological polar surface area (TPSA) is 63.5 Å². The number of nitro benzene ring substituents is 1. The van der Waals surface area contributed by atoms with Crippen molar-refractivity contribution in [1.82, 2.24) is 4.90 Å². The summed E-state index contributed by atoms with van der Waals surface area (Å²) in [5.74, 6) is -0.0825.